The molecule has 0 aliphatic heterocycles. The predicted octanol–water partition coefficient (Wildman–Crippen LogP) is -15.9. The van der Waals surface area contributed by atoms with Crippen molar-refractivity contribution in [3.8, 4) is 0 Å². The summed E-state index contributed by atoms with van der Waals surface area (Å²) in [5.41, 5.74) is 0. The van der Waals surface area contributed by atoms with Crippen molar-refractivity contribution in [2.75, 3.05) is 6.61 Å². The Balaban J connectivity index is -0.000000000658. The molecular formula is C4H48O22. The van der Waals surface area contributed by atoms with Gasteiger partial charge >= 0.3 is 5.97 Å². The quantitative estimate of drug-likeness (QED) is 0.352. The number of ether oxygens (including phenoxy) is 1. The predicted molar refractivity (Wildman–Crippen MR) is 94.6 cm³/mol. The summed E-state index contributed by atoms with van der Waals surface area (Å²) in [6.07, 6.45) is 0. The number of rotatable bonds is 1. The first-order valence-electron chi connectivity index (χ1n) is 1.90. The Labute approximate surface area is 147 Å². The lowest BCUT2D eigenvalue weighted by Gasteiger charge is -1.89. The highest BCUT2D eigenvalue weighted by atomic mass is 16.5. The summed E-state index contributed by atoms with van der Waals surface area (Å²) < 4.78 is 4.40. The Morgan fingerprint density at radius 3 is 0.577 bits per heavy atom. The van der Waals surface area contributed by atoms with E-state index in [-0.39, 0.29) is 115 Å². The van der Waals surface area contributed by atoms with Gasteiger partial charge in [0.15, 0.2) is 0 Å². The van der Waals surface area contributed by atoms with Crippen molar-refractivity contribution >= 4 is 5.97 Å². The average Bonchev–Trinajstić information content (AvgIpc) is 1.35. The van der Waals surface area contributed by atoms with Gasteiger partial charge in [-0.1, -0.05) is 0 Å². The summed E-state index contributed by atoms with van der Waals surface area (Å²) in [4.78, 5) is 9.82. The Hall–Kier alpha value is -1.33. The second kappa shape index (κ2) is 903. The third-order valence-corrected chi connectivity index (χ3v) is 0.348. The van der Waals surface area contributed by atoms with E-state index in [9.17, 15) is 4.79 Å². The maximum Gasteiger partial charge on any atom is 0.302 e. The first-order valence-corrected chi connectivity index (χ1v) is 1.90. The highest BCUT2D eigenvalue weighted by molar-refractivity contribution is 5.65. The van der Waals surface area contributed by atoms with Gasteiger partial charge in [0, 0.05) is 6.92 Å². The number of hydrogen-bond donors (Lipinski definition) is 0. The summed E-state index contributed by atoms with van der Waals surface area (Å²) in [6, 6.07) is 0. The van der Waals surface area contributed by atoms with Crippen LogP contribution in [-0.2, 0) is 9.53 Å². The molecule has 0 saturated heterocycles. The molecule has 0 heterocycles. The molecule has 0 saturated carbocycles. The van der Waals surface area contributed by atoms with E-state index in [1.807, 2.05) is 0 Å². The van der Waals surface area contributed by atoms with Crippen LogP contribution in [0.15, 0.2) is 0 Å². The summed E-state index contributed by atoms with van der Waals surface area (Å²) in [7, 11) is 0. The van der Waals surface area contributed by atoms with Crippen molar-refractivity contribution in [3.63, 3.8) is 0 Å². The summed E-state index contributed by atoms with van der Waals surface area (Å²) in [6.45, 7) is 3.65. The van der Waals surface area contributed by atoms with Crippen LogP contribution < -0.4 is 0 Å². The number of carbonyl (C=O) groups excluding carboxylic acids is 1. The zero-order valence-electron chi connectivity index (χ0n) is 14.0. The van der Waals surface area contributed by atoms with E-state index in [0.29, 0.717) is 6.61 Å². The van der Waals surface area contributed by atoms with E-state index in [4.69, 9.17) is 0 Å². The van der Waals surface area contributed by atoms with Gasteiger partial charge in [-0.3, -0.25) is 4.79 Å². The minimum atomic E-state index is -0.211. The van der Waals surface area contributed by atoms with Crippen LogP contribution in [0.5, 0.6) is 0 Å². The van der Waals surface area contributed by atoms with Gasteiger partial charge in [0.2, 0.25) is 0 Å². The second-order valence-electron chi connectivity index (χ2n) is 0.925. The molecule has 0 atom stereocenters. The smallest absolute Gasteiger partial charge is 0.302 e. The van der Waals surface area contributed by atoms with Crippen LogP contribution in [0, 0.1) is 0 Å². The molecule has 0 aromatic carbocycles. The molecule has 0 radical (unpaired) electrons. The maximum absolute atomic E-state index is 9.82. The number of carbonyl (C=O) groups is 1. The SMILES string of the molecule is CCOC(C)=O.O.O.O.O.O.O.O.O.O.O.O.O.O.O.O.O.O.O.O.O. The fourth-order valence-corrected chi connectivity index (χ4v) is 0.203. The largest absolute Gasteiger partial charge is 0.466 e. The highest BCUT2D eigenvalue weighted by Crippen LogP contribution is 1.69. The van der Waals surface area contributed by atoms with Crippen LogP contribution in [0.1, 0.15) is 13.8 Å². The molecule has 0 aliphatic carbocycles. The van der Waals surface area contributed by atoms with Gasteiger partial charge in [-0.05, 0) is 6.92 Å². The number of hydrogen-bond acceptors (Lipinski definition) is 2. The van der Waals surface area contributed by atoms with Crippen LogP contribution in [0.4, 0.5) is 0 Å². The molecule has 22 heteroatoms. The van der Waals surface area contributed by atoms with Crippen molar-refractivity contribution in [2.45, 2.75) is 13.8 Å². The zero-order chi connectivity index (χ0) is 4.99. The lowest BCUT2D eigenvalue weighted by Crippen LogP contribution is -1.95. The van der Waals surface area contributed by atoms with E-state index in [0.717, 1.165) is 0 Å². The highest BCUT2D eigenvalue weighted by Gasteiger charge is 1.81. The molecule has 0 rings (SSSR count). The van der Waals surface area contributed by atoms with Crippen molar-refractivity contribution in [1.82, 2.24) is 0 Å². The molecule has 22 nitrogen and oxygen atoms in total. The third-order valence-electron chi connectivity index (χ3n) is 0.348. The standard InChI is InChI=1S/C4H8O2.20H2O/c1-3-6-4(2)5;;;;;;;;;;;;;;;;;;;;/h3H2,1-2H3;20*1H2. The minimum Gasteiger partial charge on any atom is -0.466 e. The van der Waals surface area contributed by atoms with Crippen LogP contribution >= 0.6 is 0 Å². The molecule has 0 aromatic heterocycles. The van der Waals surface area contributed by atoms with Crippen LogP contribution in [0.2, 0.25) is 0 Å². The van der Waals surface area contributed by atoms with Gasteiger partial charge in [-0.25, -0.2) is 0 Å². The molecule has 0 aliphatic rings. The topological polar surface area (TPSA) is 656 Å². The molecule has 0 amide bonds. The van der Waals surface area contributed by atoms with Gasteiger partial charge in [-0.2, -0.15) is 0 Å². The maximum atomic E-state index is 9.82. The van der Waals surface area contributed by atoms with Crippen LogP contribution in [0.3, 0.4) is 0 Å². The first kappa shape index (κ1) is 1030. The van der Waals surface area contributed by atoms with Crippen LogP contribution in [0.25, 0.3) is 0 Å². The monoisotopic (exact) mass is 448 g/mol. The van der Waals surface area contributed by atoms with Crippen molar-refractivity contribution in [3.05, 3.63) is 0 Å². The van der Waals surface area contributed by atoms with E-state index in [2.05, 4.69) is 4.74 Å². The Bertz CT molecular complexity index is 60.1. The van der Waals surface area contributed by atoms with Gasteiger partial charge in [0.05, 0.1) is 6.61 Å². The normalized spacial score (nSPS) is 1.77. The van der Waals surface area contributed by atoms with E-state index >= 15 is 0 Å². The molecular weight excluding hydrogens is 400 g/mol. The van der Waals surface area contributed by atoms with E-state index in [1.54, 1.807) is 6.92 Å². The molecule has 0 bridgehead atoms. The average molecular weight is 448 g/mol. The third kappa shape index (κ3) is 3820. The number of esters is 1. The van der Waals surface area contributed by atoms with Crippen molar-refractivity contribution in [1.29, 1.82) is 0 Å². The van der Waals surface area contributed by atoms with Gasteiger partial charge in [0.25, 0.3) is 0 Å². The first-order chi connectivity index (χ1) is 2.77. The molecule has 0 fully saturated rings. The van der Waals surface area contributed by atoms with E-state index < -0.39 is 0 Å². The fourth-order valence-electron chi connectivity index (χ4n) is 0.203. The molecule has 0 unspecified atom stereocenters. The van der Waals surface area contributed by atoms with E-state index in [1.165, 1.54) is 6.92 Å². The molecule has 0 aromatic rings. The van der Waals surface area contributed by atoms with Gasteiger partial charge < -0.3 is 114 Å². The minimum absolute atomic E-state index is 0. The molecule has 26 heavy (non-hydrogen) atoms. The molecule has 196 valence electrons. The lowest BCUT2D eigenvalue weighted by molar-refractivity contribution is -0.140. The summed E-state index contributed by atoms with van der Waals surface area (Å²) in [5.74, 6) is -0.211. The van der Waals surface area contributed by atoms with Crippen LogP contribution in [-0.4, -0.2) is 122 Å². The summed E-state index contributed by atoms with van der Waals surface area (Å²) in [5, 5.41) is 0. The van der Waals surface area contributed by atoms with Gasteiger partial charge in [-0.15, -0.1) is 0 Å². The molecule has 40 N–H and O–H groups in total. The Kier molecular flexibility index (Phi) is 35600. The van der Waals surface area contributed by atoms with Crippen molar-refractivity contribution in [2.24, 2.45) is 0 Å². The fraction of sp³-hybridized carbons (Fsp3) is 0.750. The summed E-state index contributed by atoms with van der Waals surface area (Å²) >= 11 is 0. The van der Waals surface area contributed by atoms with Crippen molar-refractivity contribution < 1.29 is 119 Å². The zero-order valence-corrected chi connectivity index (χ0v) is 14.0. The second-order valence-corrected chi connectivity index (χ2v) is 0.925. The molecule has 0 spiro atoms. The Morgan fingerprint density at radius 2 is 0.577 bits per heavy atom. The van der Waals surface area contributed by atoms with Gasteiger partial charge in [0.1, 0.15) is 0 Å². The Morgan fingerprint density at radius 1 is 0.462 bits per heavy atom. The lowest BCUT2D eigenvalue weighted by atomic mass is 10.8.